The van der Waals surface area contributed by atoms with E-state index in [1.54, 1.807) is 11.8 Å². The molecule has 0 fully saturated rings. The predicted octanol–water partition coefficient (Wildman–Crippen LogP) is 6.66. The highest BCUT2D eigenvalue weighted by molar-refractivity contribution is 7.98. The molecule has 0 aliphatic carbocycles. The van der Waals surface area contributed by atoms with Crippen molar-refractivity contribution in [2.45, 2.75) is 63.7 Å². The molecule has 1 nitrogen and oxygen atoms in total. The first-order valence-corrected chi connectivity index (χ1v) is 9.77. The molecule has 1 atom stereocenters. The fourth-order valence-electron chi connectivity index (χ4n) is 2.34. The van der Waals surface area contributed by atoms with Gasteiger partial charge in [-0.15, -0.1) is 23.1 Å². The minimum absolute atomic E-state index is 0.453. The number of rotatable bonds is 6. The molecule has 0 amide bonds. The van der Waals surface area contributed by atoms with Crippen LogP contribution in [0.25, 0.3) is 0 Å². The Morgan fingerprint density at radius 2 is 1.81 bits per heavy atom. The Balaban J connectivity index is 2.16. The number of hydrogen-bond donors (Lipinski definition) is 0. The summed E-state index contributed by atoms with van der Waals surface area (Å²) in [6, 6.07) is 4.58. The van der Waals surface area contributed by atoms with Gasteiger partial charge >= 0.3 is 0 Å². The van der Waals surface area contributed by atoms with Crippen molar-refractivity contribution in [1.82, 2.24) is 0 Å². The Kier molecular flexibility index (Phi) is 5.61. The Hall–Kier alpha value is -0.670. The lowest BCUT2D eigenvalue weighted by atomic mass is 10.0. The summed E-state index contributed by atoms with van der Waals surface area (Å²) in [6.07, 6.45) is 3.12. The summed E-state index contributed by atoms with van der Waals surface area (Å²) >= 11 is 3.67. The smallest absolute Gasteiger partial charge is 0.118 e. The van der Waals surface area contributed by atoms with Crippen LogP contribution >= 0.6 is 23.1 Å². The first-order chi connectivity index (χ1) is 9.92. The fraction of sp³-hybridized carbons (Fsp3) is 0.556. The molecule has 0 radical (unpaired) electrons. The van der Waals surface area contributed by atoms with E-state index in [2.05, 4.69) is 58.4 Å². The van der Waals surface area contributed by atoms with Gasteiger partial charge in [0.1, 0.15) is 11.5 Å². The Bertz CT molecular complexity index is 578. The van der Waals surface area contributed by atoms with Gasteiger partial charge in [-0.3, -0.25) is 0 Å². The molecule has 0 aliphatic rings. The van der Waals surface area contributed by atoms with Gasteiger partial charge in [0.2, 0.25) is 0 Å². The van der Waals surface area contributed by atoms with Crippen molar-refractivity contribution in [3.8, 4) is 0 Å². The van der Waals surface area contributed by atoms with E-state index in [4.69, 9.17) is 4.42 Å². The van der Waals surface area contributed by atoms with Crippen molar-refractivity contribution >= 4 is 23.1 Å². The van der Waals surface area contributed by atoms with Crippen molar-refractivity contribution in [2.24, 2.45) is 0 Å². The zero-order valence-electron chi connectivity index (χ0n) is 13.9. The van der Waals surface area contributed by atoms with E-state index in [1.807, 2.05) is 11.3 Å². The molecule has 2 heterocycles. The van der Waals surface area contributed by atoms with Crippen LogP contribution in [-0.2, 0) is 6.42 Å². The van der Waals surface area contributed by atoms with Gasteiger partial charge in [0.25, 0.3) is 0 Å². The molecule has 2 aromatic heterocycles. The average molecular weight is 323 g/mol. The number of furan rings is 1. The van der Waals surface area contributed by atoms with Gasteiger partial charge in [0.15, 0.2) is 0 Å². The third-order valence-electron chi connectivity index (χ3n) is 3.86. The second-order valence-electron chi connectivity index (χ2n) is 6.34. The SMILES string of the molecule is CSc1cc(C(C)C)oc1CC(C)c1cc(C(C)C)cs1. The minimum Gasteiger partial charge on any atom is -0.465 e. The van der Waals surface area contributed by atoms with E-state index >= 15 is 0 Å². The van der Waals surface area contributed by atoms with E-state index < -0.39 is 0 Å². The van der Waals surface area contributed by atoms with Gasteiger partial charge in [-0.25, -0.2) is 0 Å². The van der Waals surface area contributed by atoms with Crippen LogP contribution in [0.3, 0.4) is 0 Å². The normalized spacial score (nSPS) is 13.3. The third-order valence-corrected chi connectivity index (χ3v) is 5.83. The molecule has 2 aromatic rings. The second kappa shape index (κ2) is 7.06. The van der Waals surface area contributed by atoms with Crippen LogP contribution in [0.15, 0.2) is 26.8 Å². The second-order valence-corrected chi connectivity index (χ2v) is 8.13. The lowest BCUT2D eigenvalue weighted by Gasteiger charge is -2.09. The lowest BCUT2D eigenvalue weighted by Crippen LogP contribution is -1.96. The Morgan fingerprint density at radius 1 is 1.10 bits per heavy atom. The van der Waals surface area contributed by atoms with Crippen LogP contribution < -0.4 is 0 Å². The van der Waals surface area contributed by atoms with Crippen molar-refractivity contribution in [3.05, 3.63) is 39.5 Å². The molecule has 116 valence electrons. The fourth-order valence-corrected chi connectivity index (χ4v) is 4.06. The molecule has 0 N–H and O–H groups in total. The summed E-state index contributed by atoms with van der Waals surface area (Å²) < 4.78 is 6.10. The van der Waals surface area contributed by atoms with E-state index in [9.17, 15) is 0 Å². The Labute approximate surface area is 137 Å². The molecule has 1 unspecified atom stereocenters. The van der Waals surface area contributed by atoms with Crippen molar-refractivity contribution in [1.29, 1.82) is 0 Å². The summed E-state index contributed by atoms with van der Waals surface area (Å²) in [7, 11) is 0. The van der Waals surface area contributed by atoms with Gasteiger partial charge in [-0.1, -0.05) is 34.6 Å². The molecule has 0 saturated heterocycles. The standard InChI is InChI=1S/C18H26OS2/c1-11(2)14-8-17(21-10-14)13(5)7-16-18(20-6)9-15(19-16)12(3)4/h8-13H,7H2,1-6H3. The highest BCUT2D eigenvalue weighted by Crippen LogP contribution is 2.34. The zero-order chi connectivity index (χ0) is 15.6. The summed E-state index contributed by atoms with van der Waals surface area (Å²) in [5.74, 6) is 3.84. The monoisotopic (exact) mass is 322 g/mol. The van der Waals surface area contributed by atoms with Gasteiger partial charge in [0.05, 0.1) is 0 Å². The lowest BCUT2D eigenvalue weighted by molar-refractivity contribution is 0.433. The first-order valence-electron chi connectivity index (χ1n) is 7.67. The van der Waals surface area contributed by atoms with Crippen LogP contribution in [-0.4, -0.2) is 6.26 Å². The molecular weight excluding hydrogens is 296 g/mol. The average Bonchev–Trinajstić information content (AvgIpc) is 3.05. The van der Waals surface area contributed by atoms with Gasteiger partial charge < -0.3 is 4.42 Å². The molecule has 3 heteroatoms. The molecule has 0 spiro atoms. The highest BCUT2D eigenvalue weighted by Gasteiger charge is 2.18. The predicted molar refractivity (Wildman–Crippen MR) is 95.1 cm³/mol. The van der Waals surface area contributed by atoms with Crippen LogP contribution in [0.1, 0.15) is 74.3 Å². The van der Waals surface area contributed by atoms with Crippen LogP contribution in [0.4, 0.5) is 0 Å². The van der Waals surface area contributed by atoms with Gasteiger partial charge in [-0.2, -0.15) is 0 Å². The maximum atomic E-state index is 6.10. The largest absolute Gasteiger partial charge is 0.465 e. The topological polar surface area (TPSA) is 13.1 Å². The number of thiophene rings is 1. The maximum absolute atomic E-state index is 6.10. The molecule has 0 bridgehead atoms. The Morgan fingerprint density at radius 3 is 2.33 bits per heavy atom. The third kappa shape index (κ3) is 3.95. The number of thioether (sulfide) groups is 1. The highest BCUT2D eigenvalue weighted by atomic mass is 32.2. The number of hydrogen-bond acceptors (Lipinski definition) is 3. The van der Waals surface area contributed by atoms with E-state index in [-0.39, 0.29) is 0 Å². The quantitative estimate of drug-likeness (QED) is 0.552. The molecule has 21 heavy (non-hydrogen) atoms. The molecule has 0 aromatic carbocycles. The maximum Gasteiger partial charge on any atom is 0.118 e. The van der Waals surface area contributed by atoms with Crippen LogP contribution in [0.5, 0.6) is 0 Å². The summed E-state index contributed by atoms with van der Waals surface area (Å²) in [6.45, 7) is 11.2. The van der Waals surface area contributed by atoms with E-state index in [0.717, 1.165) is 17.9 Å². The van der Waals surface area contributed by atoms with Crippen molar-refractivity contribution in [3.63, 3.8) is 0 Å². The van der Waals surface area contributed by atoms with E-state index in [1.165, 1.54) is 15.3 Å². The van der Waals surface area contributed by atoms with Crippen LogP contribution in [0, 0.1) is 0 Å². The zero-order valence-corrected chi connectivity index (χ0v) is 15.5. The van der Waals surface area contributed by atoms with Crippen LogP contribution in [0.2, 0.25) is 0 Å². The molecular formula is C18H26OS2. The minimum atomic E-state index is 0.453. The van der Waals surface area contributed by atoms with E-state index in [0.29, 0.717) is 17.8 Å². The van der Waals surface area contributed by atoms with Crippen molar-refractivity contribution < 1.29 is 4.42 Å². The van der Waals surface area contributed by atoms with Gasteiger partial charge in [-0.05, 0) is 41.2 Å². The molecule has 0 saturated carbocycles. The summed E-state index contributed by atoms with van der Waals surface area (Å²) in [4.78, 5) is 2.76. The first kappa shape index (κ1) is 16.7. The molecule has 2 rings (SSSR count). The summed E-state index contributed by atoms with van der Waals surface area (Å²) in [5, 5.41) is 2.30. The van der Waals surface area contributed by atoms with Gasteiger partial charge in [0, 0.05) is 22.1 Å². The summed E-state index contributed by atoms with van der Waals surface area (Å²) in [5.41, 5.74) is 1.45. The van der Waals surface area contributed by atoms with Crippen molar-refractivity contribution in [2.75, 3.05) is 6.26 Å². The molecule has 0 aliphatic heterocycles.